The number of hydrogen-bond acceptors (Lipinski definition) is 4. The third-order valence-corrected chi connectivity index (χ3v) is 3.37. The standard InChI is InChI=1S/C13H17FN2O3/c1-13(12(17)18,11-5-4-9(14)7-15-11)16-8-10-3-2-6-19-10/h4-5,7,10,16H,2-3,6,8H2,1H3,(H,17,18). The van der Waals surface area contributed by atoms with E-state index in [0.717, 1.165) is 19.0 Å². The Morgan fingerprint density at radius 1 is 1.68 bits per heavy atom. The second-order valence-corrected chi connectivity index (χ2v) is 4.81. The first-order valence-electron chi connectivity index (χ1n) is 6.24. The van der Waals surface area contributed by atoms with E-state index in [2.05, 4.69) is 10.3 Å². The summed E-state index contributed by atoms with van der Waals surface area (Å²) >= 11 is 0. The summed E-state index contributed by atoms with van der Waals surface area (Å²) in [7, 11) is 0. The molecule has 0 saturated carbocycles. The topological polar surface area (TPSA) is 71.5 Å². The van der Waals surface area contributed by atoms with Gasteiger partial charge < -0.3 is 9.84 Å². The number of carbonyl (C=O) groups is 1. The first kappa shape index (κ1) is 13.9. The molecule has 0 aliphatic carbocycles. The Kier molecular flexibility index (Phi) is 4.11. The molecule has 0 radical (unpaired) electrons. The molecule has 0 spiro atoms. The van der Waals surface area contributed by atoms with Crippen LogP contribution in [0.25, 0.3) is 0 Å². The number of hydrogen-bond donors (Lipinski definition) is 2. The highest BCUT2D eigenvalue weighted by atomic mass is 19.1. The largest absolute Gasteiger partial charge is 0.480 e. The quantitative estimate of drug-likeness (QED) is 0.842. The van der Waals surface area contributed by atoms with E-state index in [0.29, 0.717) is 13.2 Å². The highest BCUT2D eigenvalue weighted by molar-refractivity contribution is 5.79. The van der Waals surface area contributed by atoms with Crippen LogP contribution in [-0.4, -0.2) is 35.3 Å². The van der Waals surface area contributed by atoms with Crippen molar-refractivity contribution >= 4 is 5.97 Å². The van der Waals surface area contributed by atoms with E-state index in [4.69, 9.17) is 4.74 Å². The van der Waals surface area contributed by atoms with Gasteiger partial charge in [0, 0.05) is 13.2 Å². The monoisotopic (exact) mass is 268 g/mol. The predicted molar refractivity (Wildman–Crippen MR) is 66.2 cm³/mol. The molecule has 5 nitrogen and oxygen atoms in total. The number of rotatable bonds is 5. The van der Waals surface area contributed by atoms with Gasteiger partial charge >= 0.3 is 5.97 Å². The predicted octanol–water partition coefficient (Wildman–Crippen LogP) is 1.29. The van der Waals surface area contributed by atoms with Crippen molar-refractivity contribution in [3.05, 3.63) is 29.8 Å². The second-order valence-electron chi connectivity index (χ2n) is 4.81. The Hall–Kier alpha value is -1.53. The van der Waals surface area contributed by atoms with Crippen molar-refractivity contribution in [2.75, 3.05) is 13.2 Å². The number of aromatic nitrogens is 1. The summed E-state index contributed by atoms with van der Waals surface area (Å²) in [5.74, 6) is -1.54. The van der Waals surface area contributed by atoms with Gasteiger partial charge in [-0.3, -0.25) is 10.3 Å². The van der Waals surface area contributed by atoms with Crippen LogP contribution >= 0.6 is 0 Å². The maximum absolute atomic E-state index is 12.9. The Bertz CT molecular complexity index is 446. The van der Waals surface area contributed by atoms with Gasteiger partial charge in [-0.15, -0.1) is 0 Å². The summed E-state index contributed by atoms with van der Waals surface area (Å²) in [5.41, 5.74) is -1.07. The number of aliphatic carboxylic acids is 1. The highest BCUT2D eigenvalue weighted by Crippen LogP contribution is 2.20. The number of carboxylic acids is 1. The van der Waals surface area contributed by atoms with Gasteiger partial charge in [0.05, 0.1) is 18.0 Å². The van der Waals surface area contributed by atoms with E-state index in [-0.39, 0.29) is 11.8 Å². The molecular weight excluding hydrogens is 251 g/mol. The lowest BCUT2D eigenvalue weighted by Crippen LogP contribution is -2.49. The van der Waals surface area contributed by atoms with E-state index in [9.17, 15) is 14.3 Å². The molecule has 1 aliphatic heterocycles. The first-order chi connectivity index (χ1) is 9.02. The minimum Gasteiger partial charge on any atom is -0.480 e. The van der Waals surface area contributed by atoms with Gasteiger partial charge in [-0.05, 0) is 31.9 Å². The van der Waals surface area contributed by atoms with Gasteiger partial charge in [0.1, 0.15) is 5.82 Å². The Labute approximate surface area is 110 Å². The minimum atomic E-state index is -1.35. The Morgan fingerprint density at radius 3 is 3.00 bits per heavy atom. The summed E-state index contributed by atoms with van der Waals surface area (Å²) in [5, 5.41) is 12.4. The van der Waals surface area contributed by atoms with Crippen LogP contribution in [0.1, 0.15) is 25.5 Å². The van der Waals surface area contributed by atoms with Gasteiger partial charge in [0.2, 0.25) is 0 Å². The molecule has 1 aromatic heterocycles. The fourth-order valence-electron chi connectivity index (χ4n) is 2.07. The molecule has 2 heterocycles. The normalized spacial score (nSPS) is 22.1. The zero-order valence-corrected chi connectivity index (χ0v) is 10.7. The van der Waals surface area contributed by atoms with Crippen molar-refractivity contribution < 1.29 is 19.0 Å². The molecule has 1 aliphatic rings. The zero-order chi connectivity index (χ0) is 13.9. The van der Waals surface area contributed by atoms with Gasteiger partial charge in [0.15, 0.2) is 5.54 Å². The summed E-state index contributed by atoms with van der Waals surface area (Å²) in [6.45, 7) is 2.66. The maximum atomic E-state index is 12.9. The van der Waals surface area contributed by atoms with Crippen LogP contribution in [0.3, 0.4) is 0 Å². The lowest BCUT2D eigenvalue weighted by atomic mass is 9.96. The van der Waals surface area contributed by atoms with E-state index in [1.165, 1.54) is 19.1 Å². The SMILES string of the molecule is CC(NCC1CCCO1)(C(=O)O)c1ccc(F)cn1. The van der Waals surface area contributed by atoms with Gasteiger partial charge in [0.25, 0.3) is 0 Å². The van der Waals surface area contributed by atoms with Crippen molar-refractivity contribution in [3.63, 3.8) is 0 Å². The van der Waals surface area contributed by atoms with Crippen molar-refractivity contribution in [1.82, 2.24) is 10.3 Å². The van der Waals surface area contributed by atoms with Crippen LogP contribution in [0.15, 0.2) is 18.3 Å². The summed E-state index contributed by atoms with van der Waals surface area (Å²) < 4.78 is 18.3. The third kappa shape index (κ3) is 3.08. The maximum Gasteiger partial charge on any atom is 0.329 e. The van der Waals surface area contributed by atoms with Crippen LogP contribution in [-0.2, 0) is 15.1 Å². The summed E-state index contributed by atoms with van der Waals surface area (Å²) in [6, 6.07) is 2.59. The van der Waals surface area contributed by atoms with Crippen molar-refractivity contribution in [2.24, 2.45) is 0 Å². The molecule has 104 valence electrons. The number of carboxylic acid groups (broad SMARTS) is 1. The van der Waals surface area contributed by atoms with E-state index >= 15 is 0 Å². The fourth-order valence-corrected chi connectivity index (χ4v) is 2.07. The number of nitrogens with zero attached hydrogens (tertiary/aromatic N) is 1. The molecule has 19 heavy (non-hydrogen) atoms. The van der Waals surface area contributed by atoms with Gasteiger partial charge in [-0.2, -0.15) is 0 Å². The average Bonchev–Trinajstić information content (AvgIpc) is 2.89. The molecular formula is C13H17FN2O3. The molecule has 1 aromatic rings. The molecule has 1 saturated heterocycles. The Morgan fingerprint density at radius 2 is 2.47 bits per heavy atom. The van der Waals surface area contributed by atoms with Crippen LogP contribution in [0.5, 0.6) is 0 Å². The number of halogens is 1. The van der Waals surface area contributed by atoms with Crippen LogP contribution in [0.4, 0.5) is 4.39 Å². The molecule has 2 N–H and O–H groups in total. The fraction of sp³-hybridized carbons (Fsp3) is 0.538. The lowest BCUT2D eigenvalue weighted by molar-refractivity contribution is -0.145. The van der Waals surface area contributed by atoms with Crippen molar-refractivity contribution in [3.8, 4) is 0 Å². The zero-order valence-electron chi connectivity index (χ0n) is 10.7. The molecule has 2 atom stereocenters. The van der Waals surface area contributed by atoms with Crippen molar-refractivity contribution in [1.29, 1.82) is 0 Å². The minimum absolute atomic E-state index is 0.0270. The van der Waals surface area contributed by atoms with Gasteiger partial charge in [-0.25, -0.2) is 9.18 Å². The first-order valence-corrected chi connectivity index (χ1v) is 6.24. The third-order valence-electron chi connectivity index (χ3n) is 3.37. The number of nitrogens with one attached hydrogen (secondary N) is 1. The molecule has 0 aromatic carbocycles. The summed E-state index contributed by atoms with van der Waals surface area (Å²) in [6.07, 6.45) is 2.95. The molecule has 0 amide bonds. The number of pyridine rings is 1. The van der Waals surface area contributed by atoms with Gasteiger partial charge in [-0.1, -0.05) is 0 Å². The Balaban J connectivity index is 2.12. The molecule has 2 unspecified atom stereocenters. The van der Waals surface area contributed by atoms with Crippen LogP contribution < -0.4 is 5.32 Å². The van der Waals surface area contributed by atoms with Crippen molar-refractivity contribution in [2.45, 2.75) is 31.4 Å². The molecule has 1 fully saturated rings. The molecule has 6 heteroatoms. The summed E-state index contributed by atoms with van der Waals surface area (Å²) in [4.78, 5) is 15.3. The van der Waals surface area contributed by atoms with Crippen LogP contribution in [0.2, 0.25) is 0 Å². The highest BCUT2D eigenvalue weighted by Gasteiger charge is 2.37. The molecule has 0 bridgehead atoms. The van der Waals surface area contributed by atoms with Crippen LogP contribution in [0, 0.1) is 5.82 Å². The van der Waals surface area contributed by atoms with E-state index < -0.39 is 17.3 Å². The second kappa shape index (κ2) is 5.63. The van der Waals surface area contributed by atoms with E-state index in [1.54, 1.807) is 0 Å². The average molecular weight is 268 g/mol. The van der Waals surface area contributed by atoms with E-state index in [1.807, 2.05) is 0 Å². The molecule has 2 rings (SSSR count). The number of ether oxygens (including phenoxy) is 1. The lowest BCUT2D eigenvalue weighted by Gasteiger charge is -2.27. The smallest absolute Gasteiger partial charge is 0.329 e.